The quantitative estimate of drug-likeness (QED) is 0.651. The second-order valence-corrected chi connectivity index (χ2v) is 8.63. The predicted octanol–water partition coefficient (Wildman–Crippen LogP) is 3.71. The normalized spacial score (nSPS) is 11.5. The molecule has 0 N–H and O–H groups in total. The van der Waals surface area contributed by atoms with Gasteiger partial charge in [-0.05, 0) is 38.1 Å². The SMILES string of the molecule is Cc1nc(-c2ccncc2)nc(Sc2ccccc2S(C)(=O)=O)c1C. The molecule has 0 aliphatic rings. The average Bonchev–Trinajstić information content (AvgIpc) is 2.59. The minimum atomic E-state index is -3.31. The lowest BCUT2D eigenvalue weighted by molar-refractivity contribution is 0.600. The number of pyridine rings is 1. The van der Waals surface area contributed by atoms with E-state index in [9.17, 15) is 8.42 Å². The number of aromatic nitrogens is 3. The molecule has 0 radical (unpaired) electrons. The number of hydrogen-bond acceptors (Lipinski definition) is 6. The minimum Gasteiger partial charge on any atom is -0.265 e. The summed E-state index contributed by atoms with van der Waals surface area (Å²) in [4.78, 5) is 14.2. The van der Waals surface area contributed by atoms with E-state index in [1.807, 2.05) is 32.0 Å². The van der Waals surface area contributed by atoms with E-state index >= 15 is 0 Å². The van der Waals surface area contributed by atoms with Crippen molar-refractivity contribution in [3.8, 4) is 11.4 Å². The number of nitrogens with zero attached hydrogens (tertiary/aromatic N) is 3. The van der Waals surface area contributed by atoms with Crippen molar-refractivity contribution in [2.75, 3.05) is 6.26 Å². The first-order valence-corrected chi connectivity index (χ1v) is 10.3. The van der Waals surface area contributed by atoms with Crippen LogP contribution in [0.15, 0.2) is 63.6 Å². The van der Waals surface area contributed by atoms with E-state index in [2.05, 4.69) is 15.0 Å². The molecule has 128 valence electrons. The van der Waals surface area contributed by atoms with E-state index < -0.39 is 9.84 Å². The predicted molar refractivity (Wildman–Crippen MR) is 98.4 cm³/mol. The number of benzene rings is 1. The van der Waals surface area contributed by atoms with E-state index in [0.717, 1.165) is 21.8 Å². The fraction of sp³-hybridized carbons (Fsp3) is 0.167. The molecular formula is C18H17N3O2S2. The minimum absolute atomic E-state index is 0.307. The van der Waals surface area contributed by atoms with Gasteiger partial charge in [0.25, 0.3) is 0 Å². The van der Waals surface area contributed by atoms with Crippen LogP contribution >= 0.6 is 11.8 Å². The molecular weight excluding hydrogens is 354 g/mol. The zero-order valence-electron chi connectivity index (χ0n) is 14.1. The van der Waals surface area contributed by atoms with Crippen LogP contribution in [-0.4, -0.2) is 29.6 Å². The van der Waals surface area contributed by atoms with Crippen LogP contribution in [0.4, 0.5) is 0 Å². The maximum Gasteiger partial charge on any atom is 0.176 e. The summed E-state index contributed by atoms with van der Waals surface area (Å²) in [6.45, 7) is 3.87. The molecule has 0 fully saturated rings. The third-order valence-corrected chi connectivity index (χ3v) is 6.19. The summed E-state index contributed by atoms with van der Waals surface area (Å²) in [5, 5.41) is 0.746. The number of aryl methyl sites for hydroxylation is 1. The Kier molecular flexibility index (Phi) is 4.87. The van der Waals surface area contributed by atoms with Crippen molar-refractivity contribution in [2.24, 2.45) is 0 Å². The van der Waals surface area contributed by atoms with Crippen LogP contribution in [-0.2, 0) is 9.84 Å². The van der Waals surface area contributed by atoms with Crippen LogP contribution in [0.25, 0.3) is 11.4 Å². The van der Waals surface area contributed by atoms with Gasteiger partial charge in [0, 0.05) is 40.4 Å². The molecule has 0 aliphatic heterocycles. The molecule has 3 aromatic rings. The molecule has 1 aromatic carbocycles. The lowest BCUT2D eigenvalue weighted by Crippen LogP contribution is -2.01. The first-order valence-electron chi connectivity index (χ1n) is 7.59. The van der Waals surface area contributed by atoms with E-state index in [4.69, 9.17) is 0 Å². The summed E-state index contributed by atoms with van der Waals surface area (Å²) in [5.74, 6) is 0.602. The van der Waals surface area contributed by atoms with Crippen molar-refractivity contribution in [1.82, 2.24) is 15.0 Å². The second kappa shape index (κ2) is 6.93. The van der Waals surface area contributed by atoms with Gasteiger partial charge in [0.2, 0.25) is 0 Å². The van der Waals surface area contributed by atoms with E-state index in [0.29, 0.717) is 15.6 Å². The van der Waals surface area contributed by atoms with Gasteiger partial charge in [-0.3, -0.25) is 4.98 Å². The summed E-state index contributed by atoms with van der Waals surface area (Å²) >= 11 is 1.34. The molecule has 5 nitrogen and oxygen atoms in total. The van der Waals surface area contributed by atoms with Gasteiger partial charge in [0.1, 0.15) is 5.03 Å². The molecule has 0 unspecified atom stereocenters. The summed E-state index contributed by atoms with van der Waals surface area (Å²) < 4.78 is 24.1. The number of rotatable bonds is 4. The second-order valence-electron chi connectivity index (χ2n) is 5.62. The highest BCUT2D eigenvalue weighted by atomic mass is 32.2. The van der Waals surface area contributed by atoms with Crippen LogP contribution in [0.5, 0.6) is 0 Å². The highest BCUT2D eigenvalue weighted by Gasteiger charge is 2.17. The Morgan fingerprint density at radius 2 is 1.64 bits per heavy atom. The van der Waals surface area contributed by atoms with Crippen molar-refractivity contribution < 1.29 is 8.42 Å². The molecule has 2 heterocycles. The molecule has 0 bridgehead atoms. The highest BCUT2D eigenvalue weighted by molar-refractivity contribution is 8.00. The Balaban J connectivity index is 2.09. The largest absolute Gasteiger partial charge is 0.265 e. The van der Waals surface area contributed by atoms with Gasteiger partial charge in [0.15, 0.2) is 15.7 Å². The zero-order chi connectivity index (χ0) is 18.0. The van der Waals surface area contributed by atoms with Crippen molar-refractivity contribution in [1.29, 1.82) is 0 Å². The molecule has 0 saturated carbocycles. The molecule has 2 aromatic heterocycles. The standard InChI is InChI=1S/C18H17N3O2S2/c1-12-13(2)20-17(14-8-10-19-11-9-14)21-18(12)24-15-6-4-5-7-16(15)25(3,22)23/h4-11H,1-3H3. The van der Waals surface area contributed by atoms with Crippen molar-refractivity contribution in [2.45, 2.75) is 28.7 Å². The first kappa shape index (κ1) is 17.6. The third kappa shape index (κ3) is 3.88. The maximum atomic E-state index is 12.0. The van der Waals surface area contributed by atoms with Crippen molar-refractivity contribution >= 4 is 21.6 Å². The summed E-state index contributed by atoms with van der Waals surface area (Å²) in [5.41, 5.74) is 2.67. The third-order valence-electron chi connectivity index (χ3n) is 3.74. The highest BCUT2D eigenvalue weighted by Crippen LogP contribution is 2.35. The smallest absolute Gasteiger partial charge is 0.176 e. The van der Waals surface area contributed by atoms with Crippen LogP contribution < -0.4 is 0 Å². The lowest BCUT2D eigenvalue weighted by atomic mass is 10.2. The molecule has 7 heteroatoms. The van der Waals surface area contributed by atoms with Gasteiger partial charge >= 0.3 is 0 Å². The van der Waals surface area contributed by atoms with E-state index in [1.54, 1.807) is 30.6 Å². The molecule has 3 rings (SSSR count). The summed E-state index contributed by atoms with van der Waals surface area (Å²) in [7, 11) is -3.31. The number of hydrogen-bond donors (Lipinski definition) is 0. The van der Waals surface area contributed by atoms with Gasteiger partial charge in [-0.2, -0.15) is 0 Å². The molecule has 0 atom stereocenters. The monoisotopic (exact) mass is 371 g/mol. The molecule has 0 saturated heterocycles. The average molecular weight is 371 g/mol. The van der Waals surface area contributed by atoms with Gasteiger partial charge in [-0.1, -0.05) is 23.9 Å². The summed E-state index contributed by atoms with van der Waals surface area (Å²) in [6, 6.07) is 10.7. The van der Waals surface area contributed by atoms with Gasteiger partial charge in [-0.15, -0.1) is 0 Å². The fourth-order valence-corrected chi connectivity index (χ4v) is 4.57. The Morgan fingerprint density at radius 1 is 0.960 bits per heavy atom. The summed E-state index contributed by atoms with van der Waals surface area (Å²) in [6.07, 6.45) is 4.60. The maximum absolute atomic E-state index is 12.0. The van der Waals surface area contributed by atoms with Gasteiger partial charge in [0.05, 0.1) is 4.90 Å². The van der Waals surface area contributed by atoms with E-state index in [1.165, 1.54) is 18.0 Å². The molecule has 0 spiro atoms. The fourth-order valence-electron chi connectivity index (χ4n) is 2.28. The topological polar surface area (TPSA) is 72.8 Å². The first-order chi connectivity index (χ1) is 11.9. The van der Waals surface area contributed by atoms with Crippen LogP contribution in [0, 0.1) is 13.8 Å². The van der Waals surface area contributed by atoms with E-state index in [-0.39, 0.29) is 0 Å². The van der Waals surface area contributed by atoms with Crippen LogP contribution in [0.2, 0.25) is 0 Å². The van der Waals surface area contributed by atoms with Crippen LogP contribution in [0.1, 0.15) is 11.3 Å². The number of sulfone groups is 1. The Hall–Kier alpha value is -2.25. The lowest BCUT2D eigenvalue weighted by Gasteiger charge is -2.12. The molecule has 0 aliphatic carbocycles. The molecule has 0 amide bonds. The Bertz CT molecular complexity index is 1020. The Morgan fingerprint density at radius 3 is 2.32 bits per heavy atom. The van der Waals surface area contributed by atoms with Gasteiger partial charge < -0.3 is 0 Å². The van der Waals surface area contributed by atoms with Crippen molar-refractivity contribution in [3.05, 3.63) is 60.0 Å². The van der Waals surface area contributed by atoms with Crippen LogP contribution in [0.3, 0.4) is 0 Å². The molecule has 25 heavy (non-hydrogen) atoms. The zero-order valence-corrected chi connectivity index (χ0v) is 15.7. The van der Waals surface area contributed by atoms with Gasteiger partial charge in [-0.25, -0.2) is 18.4 Å². The van der Waals surface area contributed by atoms with Crippen molar-refractivity contribution in [3.63, 3.8) is 0 Å². The Labute approximate surface area is 151 Å².